The molecule has 1 aromatic carbocycles. The highest BCUT2D eigenvalue weighted by Gasteiger charge is 2.35. The van der Waals surface area contributed by atoms with Crippen molar-refractivity contribution in [3.05, 3.63) is 54.2 Å². The number of aromatic amines is 2. The van der Waals surface area contributed by atoms with Gasteiger partial charge in [0.1, 0.15) is 67.0 Å². The van der Waals surface area contributed by atoms with Crippen LogP contribution >= 0.6 is 23.5 Å². The van der Waals surface area contributed by atoms with Crippen LogP contribution in [0.15, 0.2) is 43.0 Å². The molecule has 17 amide bonds. The van der Waals surface area contributed by atoms with Crippen LogP contribution in [0.4, 0.5) is 0 Å². The van der Waals surface area contributed by atoms with Crippen molar-refractivity contribution in [2.24, 2.45) is 29.0 Å². The number of thioether (sulfide) groups is 2. The van der Waals surface area contributed by atoms with Gasteiger partial charge in [-0.15, -0.1) is 11.8 Å². The summed E-state index contributed by atoms with van der Waals surface area (Å²) in [6.07, 6.45) is 5.38. The molecule has 0 bridgehead atoms. The van der Waals surface area contributed by atoms with Gasteiger partial charge in [0.25, 0.3) is 0 Å². The number of aromatic nitrogens is 3. The van der Waals surface area contributed by atoms with Crippen molar-refractivity contribution in [1.82, 2.24) is 99.6 Å². The van der Waals surface area contributed by atoms with Gasteiger partial charge >= 0.3 is 0 Å². The van der Waals surface area contributed by atoms with Gasteiger partial charge in [-0.25, -0.2) is 4.98 Å². The molecule has 2 aromatic heterocycles. The molecule has 0 saturated carbocycles. The van der Waals surface area contributed by atoms with E-state index >= 15 is 0 Å². The molecule has 0 aliphatic heterocycles. The van der Waals surface area contributed by atoms with E-state index in [0.29, 0.717) is 27.9 Å². The Hall–Kier alpha value is -10.5. The van der Waals surface area contributed by atoms with Crippen molar-refractivity contribution in [2.75, 3.05) is 110 Å². The van der Waals surface area contributed by atoms with Gasteiger partial charge in [0, 0.05) is 74.0 Å². The van der Waals surface area contributed by atoms with Crippen molar-refractivity contribution in [3.8, 4) is 0 Å². The molecule has 3 rings (SSSR count). The number of carbonyl (C=O) groups is 17. The molecular weight excluding hydrogens is 1520 g/mol. The lowest BCUT2D eigenvalue weighted by Gasteiger charge is -2.26. The molecule has 44 heteroatoms. The van der Waals surface area contributed by atoms with E-state index in [9.17, 15) is 86.6 Å². The minimum atomic E-state index is -1.58. The average molecular weight is 1630 g/mol. The summed E-state index contributed by atoms with van der Waals surface area (Å²) in [6.45, 7) is 5.23. The van der Waals surface area contributed by atoms with E-state index in [-0.39, 0.29) is 82.0 Å². The number of primary amides is 2. The Morgan fingerprint density at radius 3 is 1.74 bits per heavy atom. The first-order valence-electron chi connectivity index (χ1n) is 36.2. The maximum atomic E-state index is 14.4. The lowest BCUT2D eigenvalue weighted by molar-refractivity contribution is -0.135. The molecule has 24 N–H and O–H groups in total. The molecule has 1 unspecified atom stereocenters. The highest BCUT2D eigenvalue weighted by Crippen LogP contribution is 2.20. The summed E-state index contributed by atoms with van der Waals surface area (Å²) in [5, 5.41) is 47.8. The second-order valence-corrected chi connectivity index (χ2v) is 28.9. The number of hydrogen-bond donors (Lipinski definition) is 21. The third kappa shape index (κ3) is 38.0. The zero-order valence-electron chi connectivity index (χ0n) is 64.8. The number of carbonyl (C=O) groups excluding carboxylic acids is 17. The fraction of sp³-hybridized carbons (Fsp3) is 0.594. The van der Waals surface area contributed by atoms with Crippen LogP contribution in [0.3, 0.4) is 0 Å². The number of benzene rings is 1. The summed E-state index contributed by atoms with van der Waals surface area (Å²) in [4.78, 5) is 235. The third-order valence-electron chi connectivity index (χ3n) is 16.3. The smallest absolute Gasteiger partial charge is 0.246 e. The van der Waals surface area contributed by atoms with Crippen LogP contribution in [-0.2, 0) is 104 Å². The number of fused-ring (bicyclic) bond motifs is 1. The fourth-order valence-corrected chi connectivity index (χ4v) is 11.7. The summed E-state index contributed by atoms with van der Waals surface area (Å²) < 4.78 is 10.7. The quantitative estimate of drug-likeness (QED) is 0.0184. The third-order valence-corrected chi connectivity index (χ3v) is 17.8. The summed E-state index contributed by atoms with van der Waals surface area (Å²) in [7, 11) is 3.25. The maximum Gasteiger partial charge on any atom is 0.246 e. The van der Waals surface area contributed by atoms with Crippen molar-refractivity contribution in [2.45, 2.75) is 140 Å². The van der Waals surface area contributed by atoms with Crippen molar-refractivity contribution >= 4 is 135 Å². The van der Waals surface area contributed by atoms with Gasteiger partial charge in [-0.2, -0.15) is 11.8 Å². The number of rotatable bonds is 55. The first kappa shape index (κ1) is 96.7. The van der Waals surface area contributed by atoms with E-state index in [4.69, 9.17) is 26.7 Å². The van der Waals surface area contributed by atoms with Gasteiger partial charge in [0.15, 0.2) is 0 Å². The highest BCUT2D eigenvalue weighted by molar-refractivity contribution is 7.99. The Morgan fingerprint density at radius 2 is 1.13 bits per heavy atom. The molecule has 0 fully saturated rings. The molecule has 113 heavy (non-hydrogen) atoms. The molecule has 0 aliphatic carbocycles. The van der Waals surface area contributed by atoms with Crippen LogP contribution in [0.25, 0.3) is 10.9 Å². The average Bonchev–Trinajstić information content (AvgIpc) is 1.70. The zero-order valence-corrected chi connectivity index (χ0v) is 66.4. The van der Waals surface area contributed by atoms with E-state index in [2.05, 4.69) is 94.7 Å². The Balaban J connectivity index is 1.59. The maximum absolute atomic E-state index is 14.4. The van der Waals surface area contributed by atoms with Crippen molar-refractivity contribution in [3.63, 3.8) is 0 Å². The fourth-order valence-electron chi connectivity index (χ4n) is 10.4. The SMILES string of the molecule is CSCC[C@H](NC(=O)[C@H](CC(C)C)NC(=O)[C@H](Cc1cnc[nH]1)NC(=O)CNC(=O)[C@@H](NC(=O)[C@H](C)NC(=O)[C@H](Cc1c[nH]c2ccccc12)NC(=O)[C@H](CCC(N)=O)NC(=O)CNC(=O)C(CN)NC(=O)COCCOCCNC(=O)CNC(=O)[C@H](CSCNC(C)=O)NC(=O)[C@H](CO)NC(=O)CN(C)C)C(C)C)C(N)=O. The number of likely N-dealkylation sites (N-methyl/N-ethyl adjacent to an activating group) is 1. The standard InChI is InChI=1S/C69H110N22O20S2/c1-37(2)22-47(66(106)86-45(60(72)100)16-21-112-9)87-67(107)49(24-42-27-73-35-79-42)83-56(97)30-78-69(109)59(38(3)4)90-61(101)39(5)81-65(105)48(23-41-26-75-44-13-11-10-12-43(41)44)88-64(104)46(14-15-53(71)94)82-55(96)29-77-62(102)50(25-70)84-58(99)33-111-20-19-110-18-17-74-54(95)28-76-63(103)52(34-113-36-80-40(6)93)89-68(108)51(32-92)85-57(98)31-91(7)8/h10-13,26-27,35,37-39,45-52,59,75,92H,14-25,28-34,36,70H2,1-9H3,(H2,71,94)(H2,72,100)(H,73,79)(H,74,95)(H,76,103)(H,77,102)(H,78,109)(H,80,93)(H,81,105)(H,82,96)(H,83,97)(H,84,99)(H,85,98)(H,86,106)(H,87,107)(H,88,104)(H,89,108)(H,90,101)/t39-,45-,46-,47-,48-,49-,50?,51-,52-,59-/m0/s1. The number of amides is 17. The molecule has 42 nitrogen and oxygen atoms in total. The zero-order chi connectivity index (χ0) is 84.3. The van der Waals surface area contributed by atoms with Gasteiger partial charge in [0.2, 0.25) is 100 Å². The number of aliphatic hydroxyl groups excluding tert-OH is 1. The number of hydrogen-bond acceptors (Lipinski definition) is 25. The van der Waals surface area contributed by atoms with Crippen LogP contribution in [0.2, 0.25) is 0 Å². The van der Waals surface area contributed by atoms with E-state index in [1.807, 2.05) is 20.1 Å². The van der Waals surface area contributed by atoms with E-state index in [1.54, 1.807) is 63.3 Å². The topological polar surface area (TPSA) is 635 Å². The number of ether oxygens (including phenoxy) is 2. The second-order valence-electron chi connectivity index (χ2n) is 26.9. The van der Waals surface area contributed by atoms with E-state index in [1.165, 1.54) is 38.1 Å². The van der Waals surface area contributed by atoms with Gasteiger partial charge < -0.3 is 126 Å². The molecule has 0 aliphatic rings. The lowest BCUT2D eigenvalue weighted by atomic mass is 10.0. The molecule has 0 radical (unpaired) electrons. The molecule has 0 spiro atoms. The predicted octanol–water partition coefficient (Wildman–Crippen LogP) is -8.41. The number of para-hydroxylation sites is 1. The van der Waals surface area contributed by atoms with Crippen molar-refractivity contribution < 1.29 is 96.1 Å². The number of aliphatic hydroxyl groups is 1. The molecule has 2 heterocycles. The number of nitrogens with one attached hydrogen (secondary N) is 17. The first-order chi connectivity index (χ1) is 53.5. The normalized spacial score (nSPS) is 13.8. The highest BCUT2D eigenvalue weighted by atomic mass is 32.2. The van der Waals surface area contributed by atoms with Crippen LogP contribution in [-0.4, -0.2) is 296 Å². The number of nitrogens with zero attached hydrogens (tertiary/aromatic N) is 2. The summed E-state index contributed by atoms with van der Waals surface area (Å²) in [5.74, 6) is -13.7. The van der Waals surface area contributed by atoms with Crippen LogP contribution < -0.4 is 97.0 Å². The largest absolute Gasteiger partial charge is 0.394 e. The molecular formula is C69H110N22O20S2. The molecule has 10 atom stereocenters. The minimum absolute atomic E-state index is 0.0312. The van der Waals surface area contributed by atoms with Gasteiger partial charge in [-0.3, -0.25) is 81.5 Å². The van der Waals surface area contributed by atoms with Crippen LogP contribution in [0.5, 0.6) is 0 Å². The summed E-state index contributed by atoms with van der Waals surface area (Å²) in [6, 6.07) is -6.33. The molecule has 628 valence electrons. The Labute approximate surface area is 661 Å². The molecule has 0 saturated heterocycles. The molecule has 3 aromatic rings. The summed E-state index contributed by atoms with van der Waals surface area (Å²) >= 11 is 2.52. The van der Waals surface area contributed by atoms with Gasteiger partial charge in [-0.1, -0.05) is 45.9 Å². The predicted molar refractivity (Wildman–Crippen MR) is 414 cm³/mol. The van der Waals surface area contributed by atoms with Gasteiger partial charge in [0.05, 0.1) is 64.8 Å². The van der Waals surface area contributed by atoms with Crippen LogP contribution in [0.1, 0.15) is 78.5 Å². The minimum Gasteiger partial charge on any atom is -0.394 e. The first-order valence-corrected chi connectivity index (χ1v) is 38.7. The van der Waals surface area contributed by atoms with E-state index < -0.39 is 213 Å². The van der Waals surface area contributed by atoms with E-state index in [0.717, 1.165) is 11.8 Å². The van der Waals surface area contributed by atoms with Gasteiger partial charge in [-0.05, 0) is 75.8 Å². The van der Waals surface area contributed by atoms with Crippen LogP contribution in [0, 0.1) is 11.8 Å². The Morgan fingerprint density at radius 1 is 0.566 bits per heavy atom. The number of H-pyrrole nitrogens is 2. The number of imidazole rings is 1. The monoisotopic (exact) mass is 1630 g/mol. The Kier molecular flexibility index (Phi) is 44.4. The van der Waals surface area contributed by atoms with Crippen molar-refractivity contribution in [1.29, 1.82) is 0 Å². The number of nitrogens with two attached hydrogens (primary N) is 3. The second kappa shape index (κ2) is 51.9. The summed E-state index contributed by atoms with van der Waals surface area (Å²) in [5.41, 5.74) is 18.4. The lowest BCUT2D eigenvalue weighted by Crippen LogP contribution is -2.59. The Bertz CT molecular complexity index is 3680.